The third-order valence-electron chi connectivity index (χ3n) is 4.33. The summed E-state index contributed by atoms with van der Waals surface area (Å²) in [7, 11) is 1.51. The van der Waals surface area contributed by atoms with Crippen molar-refractivity contribution in [2.75, 3.05) is 13.7 Å². The van der Waals surface area contributed by atoms with Crippen molar-refractivity contribution in [1.29, 1.82) is 0 Å². The Morgan fingerprint density at radius 1 is 1.12 bits per heavy atom. The Labute approximate surface area is 147 Å². The molecule has 0 fully saturated rings. The highest BCUT2D eigenvalue weighted by atomic mass is 16.5. The van der Waals surface area contributed by atoms with Crippen molar-refractivity contribution in [3.8, 4) is 0 Å². The number of carbonyl (C=O) groups is 1. The highest BCUT2D eigenvalue weighted by molar-refractivity contribution is 5.79. The van der Waals surface area contributed by atoms with Gasteiger partial charge in [-0.05, 0) is 31.5 Å². The predicted molar refractivity (Wildman–Crippen MR) is 98.4 cm³/mol. The van der Waals surface area contributed by atoms with E-state index in [2.05, 4.69) is 35.0 Å². The van der Waals surface area contributed by atoms with Crippen molar-refractivity contribution < 1.29 is 9.53 Å². The molecule has 5 heteroatoms. The Balaban J connectivity index is 2.04. The Bertz CT molecular complexity index is 858. The average Bonchev–Trinajstić information content (AvgIpc) is 3.01. The number of nitrogens with one attached hydrogen (secondary N) is 1. The van der Waals surface area contributed by atoms with Gasteiger partial charge < -0.3 is 14.6 Å². The van der Waals surface area contributed by atoms with Crippen LogP contribution >= 0.6 is 0 Å². The molecule has 25 heavy (non-hydrogen) atoms. The van der Waals surface area contributed by atoms with Gasteiger partial charge in [-0.15, -0.1) is 0 Å². The smallest absolute Gasteiger partial charge is 0.246 e. The largest absolute Gasteiger partial charge is 0.375 e. The third-order valence-corrected chi connectivity index (χ3v) is 4.33. The first-order valence-corrected chi connectivity index (χ1v) is 8.42. The number of benzene rings is 2. The normalized spacial score (nSPS) is 13.6. The predicted octanol–water partition coefficient (Wildman–Crippen LogP) is 3.47. The number of amides is 1. The van der Waals surface area contributed by atoms with Gasteiger partial charge in [0, 0.05) is 7.11 Å². The van der Waals surface area contributed by atoms with E-state index in [-0.39, 0.29) is 24.6 Å². The number of hydrogen-bond acceptors (Lipinski definition) is 3. The van der Waals surface area contributed by atoms with Crippen molar-refractivity contribution >= 4 is 16.9 Å². The van der Waals surface area contributed by atoms with Crippen LogP contribution < -0.4 is 5.32 Å². The molecule has 3 aromatic rings. The van der Waals surface area contributed by atoms with Gasteiger partial charge in [0.15, 0.2) is 0 Å². The number of ether oxygens (including phenoxy) is 1. The standard InChI is InChI=1S/C20H23N3O2/c1-14(21-19(24)13-25-3)20-22-17-11-7-8-12-18(17)23(20)15(2)16-9-5-4-6-10-16/h4-12,14-15H,13H2,1-3H3,(H,21,24). The number of para-hydroxylation sites is 2. The molecule has 0 spiro atoms. The molecule has 2 aromatic carbocycles. The van der Waals surface area contributed by atoms with Crippen LogP contribution in [0, 0.1) is 0 Å². The van der Waals surface area contributed by atoms with Crippen molar-refractivity contribution in [2.24, 2.45) is 0 Å². The Hall–Kier alpha value is -2.66. The van der Waals surface area contributed by atoms with Crippen molar-refractivity contribution in [3.05, 3.63) is 66.0 Å². The maximum absolute atomic E-state index is 11.9. The van der Waals surface area contributed by atoms with Gasteiger partial charge in [0.1, 0.15) is 12.4 Å². The van der Waals surface area contributed by atoms with Gasteiger partial charge in [0.25, 0.3) is 0 Å². The maximum atomic E-state index is 11.9. The van der Waals surface area contributed by atoms with Gasteiger partial charge in [0.05, 0.1) is 23.1 Å². The lowest BCUT2D eigenvalue weighted by atomic mass is 10.1. The van der Waals surface area contributed by atoms with E-state index < -0.39 is 0 Å². The summed E-state index contributed by atoms with van der Waals surface area (Å²) in [6.45, 7) is 4.14. The number of carbonyl (C=O) groups excluding carboxylic acids is 1. The van der Waals surface area contributed by atoms with E-state index in [1.165, 1.54) is 12.7 Å². The van der Waals surface area contributed by atoms with Crippen LogP contribution in [-0.2, 0) is 9.53 Å². The Morgan fingerprint density at radius 2 is 1.80 bits per heavy atom. The van der Waals surface area contributed by atoms with Gasteiger partial charge >= 0.3 is 0 Å². The van der Waals surface area contributed by atoms with Crippen LogP contribution in [0.15, 0.2) is 54.6 Å². The minimum Gasteiger partial charge on any atom is -0.375 e. The molecule has 1 N–H and O–H groups in total. The van der Waals surface area contributed by atoms with Crippen LogP contribution in [0.3, 0.4) is 0 Å². The summed E-state index contributed by atoms with van der Waals surface area (Å²) in [6, 6.07) is 18.2. The average molecular weight is 337 g/mol. The van der Waals surface area contributed by atoms with E-state index >= 15 is 0 Å². The second-order valence-electron chi connectivity index (χ2n) is 6.14. The molecule has 0 bridgehead atoms. The minimum absolute atomic E-state index is 0.0405. The fraction of sp³-hybridized carbons (Fsp3) is 0.300. The van der Waals surface area contributed by atoms with E-state index in [0.29, 0.717) is 0 Å². The van der Waals surface area contributed by atoms with E-state index in [1.54, 1.807) is 0 Å². The van der Waals surface area contributed by atoms with Crippen LogP contribution in [-0.4, -0.2) is 29.2 Å². The quantitative estimate of drug-likeness (QED) is 0.749. The SMILES string of the molecule is COCC(=O)NC(C)c1nc2ccccc2n1C(C)c1ccccc1. The Morgan fingerprint density at radius 3 is 2.52 bits per heavy atom. The summed E-state index contributed by atoms with van der Waals surface area (Å²) >= 11 is 0. The summed E-state index contributed by atoms with van der Waals surface area (Å²) < 4.78 is 7.10. The number of hydrogen-bond donors (Lipinski definition) is 1. The lowest BCUT2D eigenvalue weighted by molar-refractivity contribution is -0.125. The highest BCUT2D eigenvalue weighted by Crippen LogP contribution is 2.28. The fourth-order valence-corrected chi connectivity index (χ4v) is 3.14. The molecule has 1 heterocycles. The van der Waals surface area contributed by atoms with Crippen LogP contribution in [0.5, 0.6) is 0 Å². The zero-order chi connectivity index (χ0) is 17.8. The minimum atomic E-state index is -0.221. The van der Waals surface area contributed by atoms with E-state index in [0.717, 1.165) is 16.9 Å². The summed E-state index contributed by atoms with van der Waals surface area (Å²) in [5.41, 5.74) is 3.18. The molecule has 0 aliphatic heterocycles. The first kappa shape index (κ1) is 17.2. The summed E-state index contributed by atoms with van der Waals surface area (Å²) in [4.78, 5) is 16.7. The molecule has 2 atom stereocenters. The molecule has 5 nitrogen and oxygen atoms in total. The van der Waals surface area contributed by atoms with Gasteiger partial charge in [-0.25, -0.2) is 4.98 Å². The van der Waals surface area contributed by atoms with Crippen LogP contribution in [0.1, 0.15) is 37.3 Å². The van der Waals surface area contributed by atoms with Crippen LogP contribution in [0.2, 0.25) is 0 Å². The number of fused-ring (bicyclic) bond motifs is 1. The molecule has 3 rings (SSSR count). The first-order valence-electron chi connectivity index (χ1n) is 8.42. The van der Waals surface area contributed by atoms with E-state index in [9.17, 15) is 4.79 Å². The monoisotopic (exact) mass is 337 g/mol. The third kappa shape index (κ3) is 3.56. The zero-order valence-electron chi connectivity index (χ0n) is 14.8. The lowest BCUT2D eigenvalue weighted by Crippen LogP contribution is -2.31. The van der Waals surface area contributed by atoms with Gasteiger partial charge in [-0.2, -0.15) is 0 Å². The van der Waals surface area contributed by atoms with Gasteiger partial charge in [-0.1, -0.05) is 42.5 Å². The molecule has 1 amide bonds. The summed E-state index contributed by atoms with van der Waals surface area (Å²) in [5, 5.41) is 2.96. The molecular formula is C20H23N3O2. The molecule has 2 unspecified atom stereocenters. The molecule has 1 aromatic heterocycles. The maximum Gasteiger partial charge on any atom is 0.246 e. The van der Waals surface area contributed by atoms with Crippen molar-refractivity contribution in [1.82, 2.24) is 14.9 Å². The van der Waals surface area contributed by atoms with Gasteiger partial charge in [-0.3, -0.25) is 4.79 Å². The number of methoxy groups -OCH3 is 1. The molecule has 0 aliphatic rings. The van der Waals surface area contributed by atoms with Crippen molar-refractivity contribution in [3.63, 3.8) is 0 Å². The number of nitrogens with zero attached hydrogens (tertiary/aromatic N) is 2. The lowest BCUT2D eigenvalue weighted by Gasteiger charge is -2.21. The summed E-state index contributed by atoms with van der Waals surface area (Å²) in [6.07, 6.45) is 0. The molecule has 130 valence electrons. The fourth-order valence-electron chi connectivity index (χ4n) is 3.14. The number of imidazole rings is 1. The Kier molecular flexibility index (Phi) is 5.14. The van der Waals surface area contributed by atoms with E-state index in [1.807, 2.05) is 43.3 Å². The number of aromatic nitrogens is 2. The topological polar surface area (TPSA) is 56.1 Å². The molecule has 0 radical (unpaired) electrons. The van der Waals surface area contributed by atoms with Crippen molar-refractivity contribution in [2.45, 2.75) is 25.9 Å². The first-order chi connectivity index (χ1) is 12.1. The molecule has 0 saturated carbocycles. The molecule has 0 saturated heterocycles. The van der Waals surface area contributed by atoms with Gasteiger partial charge in [0.2, 0.25) is 5.91 Å². The molecule has 0 aliphatic carbocycles. The zero-order valence-corrected chi connectivity index (χ0v) is 14.8. The summed E-state index contributed by atoms with van der Waals surface area (Å²) in [5.74, 6) is 0.683. The van der Waals surface area contributed by atoms with Crippen LogP contribution in [0.25, 0.3) is 11.0 Å². The molecular weight excluding hydrogens is 314 g/mol. The second-order valence-corrected chi connectivity index (χ2v) is 6.14. The van der Waals surface area contributed by atoms with Crippen LogP contribution in [0.4, 0.5) is 0 Å². The highest BCUT2D eigenvalue weighted by Gasteiger charge is 2.22. The number of rotatable bonds is 6. The second kappa shape index (κ2) is 7.49. The van der Waals surface area contributed by atoms with E-state index in [4.69, 9.17) is 9.72 Å².